The number of hydrogen-bond donors (Lipinski definition) is 1. The molecule has 0 atom stereocenters. The topological polar surface area (TPSA) is 110 Å². The molecule has 1 heterocycles. The molecule has 0 saturated heterocycles. The second-order valence-corrected chi connectivity index (χ2v) is 12.9. The van der Waals surface area contributed by atoms with Gasteiger partial charge in [-0.05, 0) is 61.2 Å². The smallest absolute Gasteiger partial charge is 0.224 e. The predicted octanol–water partition coefficient (Wildman–Crippen LogP) is 1.92. The van der Waals surface area contributed by atoms with E-state index < -0.39 is 25.1 Å². The van der Waals surface area contributed by atoms with Crippen molar-refractivity contribution in [2.75, 3.05) is 26.0 Å². The molecule has 180 valence electrons. The van der Waals surface area contributed by atoms with Gasteiger partial charge in [0.15, 0.2) is 9.84 Å². The van der Waals surface area contributed by atoms with E-state index in [2.05, 4.69) is 5.32 Å². The standard InChI is InChI=1S/C23H30N2O6S2/c1-17(2)33(29,30)22-8-4-18(5-9-22)14-23(26)24-11-13-32(27,28)25-12-10-19-15-21(31-3)7-6-20(19)16-25/h4-9,15,17H,10-14,16H2,1-3H3,(H,24,26). The van der Waals surface area contributed by atoms with E-state index >= 15 is 0 Å². The van der Waals surface area contributed by atoms with Crippen LogP contribution in [0.5, 0.6) is 5.75 Å². The van der Waals surface area contributed by atoms with Gasteiger partial charge in [-0.15, -0.1) is 0 Å². The number of sulfonamides is 1. The summed E-state index contributed by atoms with van der Waals surface area (Å²) in [7, 11) is -5.28. The number of nitrogens with zero attached hydrogens (tertiary/aromatic N) is 1. The first kappa shape index (κ1) is 25.2. The Balaban J connectivity index is 1.51. The summed E-state index contributed by atoms with van der Waals surface area (Å²) in [6.45, 7) is 3.94. The van der Waals surface area contributed by atoms with Gasteiger partial charge in [0.25, 0.3) is 0 Å². The lowest BCUT2D eigenvalue weighted by Crippen LogP contribution is -2.40. The molecule has 8 nitrogen and oxygen atoms in total. The van der Waals surface area contributed by atoms with Crippen LogP contribution in [0.3, 0.4) is 0 Å². The SMILES string of the molecule is COc1ccc2c(c1)CCN(S(=O)(=O)CCNC(=O)Cc1ccc(S(=O)(=O)C(C)C)cc1)C2. The Morgan fingerprint density at radius 3 is 2.39 bits per heavy atom. The molecule has 0 aliphatic carbocycles. The molecule has 0 bridgehead atoms. The largest absolute Gasteiger partial charge is 0.497 e. The van der Waals surface area contributed by atoms with Crippen molar-refractivity contribution in [1.82, 2.24) is 9.62 Å². The maximum Gasteiger partial charge on any atom is 0.224 e. The summed E-state index contributed by atoms with van der Waals surface area (Å²) < 4.78 is 56.5. The minimum Gasteiger partial charge on any atom is -0.497 e. The van der Waals surface area contributed by atoms with Gasteiger partial charge in [-0.2, -0.15) is 4.31 Å². The maximum atomic E-state index is 12.7. The summed E-state index contributed by atoms with van der Waals surface area (Å²) in [4.78, 5) is 12.5. The van der Waals surface area contributed by atoms with Gasteiger partial charge in [0.2, 0.25) is 15.9 Å². The van der Waals surface area contributed by atoms with Crippen molar-refractivity contribution in [1.29, 1.82) is 0 Å². The zero-order valence-corrected chi connectivity index (χ0v) is 20.7. The molecule has 0 spiro atoms. The summed E-state index contributed by atoms with van der Waals surface area (Å²) in [6.07, 6.45) is 0.654. The molecular formula is C23H30N2O6S2. The van der Waals surface area contributed by atoms with E-state index in [0.29, 0.717) is 25.1 Å². The van der Waals surface area contributed by atoms with Crippen LogP contribution in [0.15, 0.2) is 47.4 Å². The number of carbonyl (C=O) groups excluding carboxylic acids is 1. The van der Waals surface area contributed by atoms with Gasteiger partial charge in [-0.25, -0.2) is 16.8 Å². The summed E-state index contributed by atoms with van der Waals surface area (Å²) in [5.74, 6) is 0.250. The van der Waals surface area contributed by atoms with E-state index in [-0.39, 0.29) is 29.5 Å². The summed E-state index contributed by atoms with van der Waals surface area (Å²) in [5, 5.41) is 2.12. The van der Waals surface area contributed by atoms with Gasteiger partial charge in [0, 0.05) is 19.6 Å². The van der Waals surface area contributed by atoms with Crippen LogP contribution in [0.1, 0.15) is 30.5 Å². The molecular weight excluding hydrogens is 464 g/mol. The Kier molecular flexibility index (Phi) is 7.81. The third kappa shape index (κ3) is 6.13. The van der Waals surface area contributed by atoms with Crippen LogP contribution in [0.4, 0.5) is 0 Å². The lowest BCUT2D eigenvalue weighted by molar-refractivity contribution is -0.120. The molecule has 3 rings (SSSR count). The monoisotopic (exact) mass is 494 g/mol. The second kappa shape index (κ2) is 10.2. The van der Waals surface area contributed by atoms with Crippen molar-refractivity contribution in [2.24, 2.45) is 0 Å². The number of methoxy groups -OCH3 is 1. The van der Waals surface area contributed by atoms with Crippen molar-refractivity contribution in [3.05, 3.63) is 59.2 Å². The van der Waals surface area contributed by atoms with Crippen molar-refractivity contribution >= 4 is 25.8 Å². The van der Waals surface area contributed by atoms with Crippen molar-refractivity contribution < 1.29 is 26.4 Å². The summed E-state index contributed by atoms with van der Waals surface area (Å²) >= 11 is 0. The van der Waals surface area contributed by atoms with Gasteiger partial charge in [0.05, 0.1) is 29.4 Å². The van der Waals surface area contributed by atoms with Crippen molar-refractivity contribution in [3.8, 4) is 5.75 Å². The highest BCUT2D eigenvalue weighted by atomic mass is 32.2. The first-order chi connectivity index (χ1) is 15.5. The highest BCUT2D eigenvalue weighted by Crippen LogP contribution is 2.25. The Labute approximate surface area is 195 Å². The van der Waals surface area contributed by atoms with Gasteiger partial charge in [-0.3, -0.25) is 4.79 Å². The van der Waals surface area contributed by atoms with E-state index in [1.165, 1.54) is 16.4 Å². The van der Waals surface area contributed by atoms with Crippen LogP contribution in [-0.4, -0.2) is 58.3 Å². The number of carbonyl (C=O) groups is 1. The first-order valence-corrected chi connectivity index (χ1v) is 13.9. The van der Waals surface area contributed by atoms with E-state index in [0.717, 1.165) is 16.9 Å². The third-order valence-corrected chi connectivity index (χ3v) is 9.69. The molecule has 0 fully saturated rings. The molecule has 10 heteroatoms. The Hall–Kier alpha value is -2.43. The number of rotatable bonds is 9. The van der Waals surface area contributed by atoms with Gasteiger partial charge >= 0.3 is 0 Å². The zero-order chi connectivity index (χ0) is 24.2. The fourth-order valence-electron chi connectivity index (χ4n) is 3.63. The van der Waals surface area contributed by atoms with Crippen LogP contribution in [0, 0.1) is 0 Å². The minimum atomic E-state index is -3.52. The molecule has 1 aliphatic rings. The lowest BCUT2D eigenvalue weighted by atomic mass is 10.0. The number of amides is 1. The van der Waals surface area contributed by atoms with Gasteiger partial charge < -0.3 is 10.1 Å². The molecule has 2 aromatic rings. The van der Waals surface area contributed by atoms with Crippen molar-refractivity contribution in [2.45, 2.75) is 43.4 Å². The van der Waals surface area contributed by atoms with Gasteiger partial charge in [-0.1, -0.05) is 18.2 Å². The first-order valence-electron chi connectivity index (χ1n) is 10.8. The number of nitrogens with one attached hydrogen (secondary N) is 1. The average Bonchev–Trinajstić information content (AvgIpc) is 2.78. The van der Waals surface area contributed by atoms with Crippen LogP contribution < -0.4 is 10.1 Å². The molecule has 2 aromatic carbocycles. The fourth-order valence-corrected chi connectivity index (χ4v) is 6.02. The summed E-state index contributed by atoms with van der Waals surface area (Å²) in [6, 6.07) is 11.8. The maximum absolute atomic E-state index is 12.7. The van der Waals surface area contributed by atoms with Crippen LogP contribution in [0.25, 0.3) is 0 Å². The quantitative estimate of drug-likeness (QED) is 0.570. The van der Waals surface area contributed by atoms with E-state index in [4.69, 9.17) is 4.74 Å². The molecule has 1 amide bonds. The molecule has 0 saturated carbocycles. The van der Waals surface area contributed by atoms with Crippen molar-refractivity contribution in [3.63, 3.8) is 0 Å². The fraction of sp³-hybridized carbons (Fsp3) is 0.435. The summed E-state index contributed by atoms with van der Waals surface area (Å²) in [5.41, 5.74) is 2.69. The van der Waals surface area contributed by atoms with Gasteiger partial charge in [0.1, 0.15) is 5.75 Å². The number of ether oxygens (including phenoxy) is 1. The molecule has 33 heavy (non-hydrogen) atoms. The molecule has 1 aliphatic heterocycles. The highest BCUT2D eigenvalue weighted by Gasteiger charge is 2.27. The normalized spacial score (nSPS) is 14.7. The average molecular weight is 495 g/mol. The Morgan fingerprint density at radius 2 is 1.76 bits per heavy atom. The Morgan fingerprint density at radius 1 is 1.06 bits per heavy atom. The van der Waals surface area contributed by atoms with E-state index in [9.17, 15) is 21.6 Å². The van der Waals surface area contributed by atoms with Crippen LogP contribution >= 0.6 is 0 Å². The molecule has 1 N–H and O–H groups in total. The number of sulfone groups is 1. The van der Waals surface area contributed by atoms with Crippen LogP contribution in [0.2, 0.25) is 0 Å². The van der Waals surface area contributed by atoms with E-state index in [1.54, 1.807) is 33.1 Å². The van der Waals surface area contributed by atoms with E-state index in [1.807, 2.05) is 18.2 Å². The zero-order valence-electron chi connectivity index (χ0n) is 19.1. The second-order valence-electron chi connectivity index (χ2n) is 8.30. The number of hydrogen-bond acceptors (Lipinski definition) is 6. The number of fused-ring (bicyclic) bond motifs is 1. The molecule has 0 radical (unpaired) electrons. The molecule has 0 unspecified atom stereocenters. The third-order valence-electron chi connectivity index (χ3n) is 5.70. The predicted molar refractivity (Wildman–Crippen MR) is 126 cm³/mol. The Bertz CT molecular complexity index is 1210. The highest BCUT2D eigenvalue weighted by molar-refractivity contribution is 7.92. The minimum absolute atomic E-state index is 0.00689. The molecule has 0 aromatic heterocycles. The van der Waals surface area contributed by atoms with Crippen LogP contribution in [-0.2, 0) is 44.0 Å². The number of benzene rings is 2. The lowest BCUT2D eigenvalue weighted by Gasteiger charge is -2.28.